The van der Waals surface area contributed by atoms with Crippen molar-refractivity contribution < 1.29 is 13.9 Å². The van der Waals surface area contributed by atoms with E-state index in [0.29, 0.717) is 12.3 Å². The van der Waals surface area contributed by atoms with Gasteiger partial charge in [-0.3, -0.25) is 0 Å². The molecule has 2 rings (SSSR count). The van der Waals surface area contributed by atoms with Crippen molar-refractivity contribution in [1.29, 1.82) is 0 Å². The Morgan fingerprint density at radius 2 is 1.74 bits per heavy atom. The van der Waals surface area contributed by atoms with Crippen molar-refractivity contribution in [1.82, 2.24) is 4.98 Å². The summed E-state index contributed by atoms with van der Waals surface area (Å²) in [4.78, 5) is 4.13. The highest BCUT2D eigenvalue weighted by atomic mass is 35.5. The monoisotopic (exact) mass is 357 g/mol. The van der Waals surface area contributed by atoms with Crippen molar-refractivity contribution >= 4 is 23.2 Å². The molecule has 6 heteroatoms. The number of benzene rings is 1. The first-order chi connectivity index (χ1) is 10.8. The van der Waals surface area contributed by atoms with Crippen LogP contribution in [0.25, 0.3) is 0 Å². The molecule has 0 N–H and O–H groups in total. The lowest BCUT2D eigenvalue weighted by molar-refractivity contribution is 0.0578. The summed E-state index contributed by atoms with van der Waals surface area (Å²) < 4.78 is 25.0. The Bertz CT molecular complexity index is 667. The van der Waals surface area contributed by atoms with E-state index in [9.17, 15) is 4.39 Å². The molecule has 0 radical (unpaired) electrons. The topological polar surface area (TPSA) is 31.4 Å². The number of aromatic nitrogens is 1. The smallest absolute Gasteiger partial charge is 0.256 e. The van der Waals surface area contributed by atoms with Crippen molar-refractivity contribution in [3.8, 4) is 11.6 Å². The van der Waals surface area contributed by atoms with Gasteiger partial charge in [0.05, 0.1) is 29.0 Å². The molecule has 0 aliphatic carbocycles. The Morgan fingerprint density at radius 1 is 1.09 bits per heavy atom. The van der Waals surface area contributed by atoms with Gasteiger partial charge in [-0.05, 0) is 29.7 Å². The first-order valence-electron chi connectivity index (χ1n) is 7.11. The van der Waals surface area contributed by atoms with E-state index in [2.05, 4.69) is 25.8 Å². The average Bonchev–Trinajstić information content (AvgIpc) is 2.44. The maximum atomic E-state index is 13.9. The summed E-state index contributed by atoms with van der Waals surface area (Å²) in [5.41, 5.74) is 0.610. The molecule has 0 spiro atoms. The summed E-state index contributed by atoms with van der Waals surface area (Å²) in [5.74, 6) is -0.604. The van der Waals surface area contributed by atoms with Crippen LogP contribution in [0.3, 0.4) is 0 Å². The molecule has 0 bridgehead atoms. The zero-order valence-electron chi connectivity index (χ0n) is 13.2. The second-order valence-corrected chi connectivity index (χ2v) is 7.11. The minimum Gasteiger partial charge on any atom is -0.433 e. The lowest BCUT2D eigenvalue weighted by atomic mass is 9.99. The van der Waals surface area contributed by atoms with Crippen LogP contribution in [0.1, 0.15) is 26.5 Å². The Balaban J connectivity index is 2.15. The molecule has 1 aromatic carbocycles. The molecule has 3 nitrogen and oxygen atoms in total. The SMILES string of the molecule is CC(C)(C)COCc1ccc(F)c(Oc2c(Cl)cccc2Cl)n1. The Labute approximate surface area is 145 Å². The van der Waals surface area contributed by atoms with Crippen molar-refractivity contribution in [2.45, 2.75) is 27.4 Å². The Morgan fingerprint density at radius 3 is 2.35 bits per heavy atom. The molecule has 0 saturated heterocycles. The van der Waals surface area contributed by atoms with E-state index in [4.69, 9.17) is 32.7 Å². The number of rotatable bonds is 5. The van der Waals surface area contributed by atoms with E-state index < -0.39 is 5.82 Å². The predicted molar refractivity (Wildman–Crippen MR) is 89.8 cm³/mol. The van der Waals surface area contributed by atoms with Crippen molar-refractivity contribution in [3.63, 3.8) is 0 Å². The first-order valence-corrected chi connectivity index (χ1v) is 7.87. The standard InChI is InChI=1S/C17H18Cl2FNO2/c1-17(2,3)10-22-9-11-7-8-14(20)16(21-11)23-15-12(18)5-4-6-13(15)19/h4-8H,9-10H2,1-3H3. The molecule has 1 heterocycles. The van der Waals surface area contributed by atoms with Crippen molar-refractivity contribution in [2.75, 3.05) is 6.61 Å². The van der Waals surface area contributed by atoms with Gasteiger partial charge in [-0.2, -0.15) is 0 Å². The molecule has 0 unspecified atom stereocenters. The Kier molecular flexibility index (Phi) is 5.84. The molecule has 2 aromatic rings. The minimum atomic E-state index is -0.597. The van der Waals surface area contributed by atoms with E-state index in [1.807, 2.05) is 0 Å². The lowest BCUT2D eigenvalue weighted by Crippen LogP contribution is -2.14. The molecule has 0 fully saturated rings. The summed E-state index contributed by atoms with van der Waals surface area (Å²) in [6.07, 6.45) is 0. The number of hydrogen-bond acceptors (Lipinski definition) is 3. The first kappa shape index (κ1) is 18.0. The van der Waals surface area contributed by atoms with Gasteiger partial charge in [-0.1, -0.05) is 50.0 Å². The van der Waals surface area contributed by atoms with Gasteiger partial charge in [0.15, 0.2) is 11.6 Å². The normalized spacial score (nSPS) is 11.6. The van der Waals surface area contributed by atoms with Gasteiger partial charge in [-0.15, -0.1) is 0 Å². The van der Waals surface area contributed by atoms with Crippen LogP contribution < -0.4 is 4.74 Å². The summed E-state index contributed by atoms with van der Waals surface area (Å²) in [6.45, 7) is 7.04. The zero-order valence-corrected chi connectivity index (χ0v) is 14.7. The van der Waals surface area contributed by atoms with Gasteiger partial charge in [-0.25, -0.2) is 9.37 Å². The number of halogens is 3. The predicted octanol–water partition coefficient (Wildman–Crippen LogP) is 5.88. The van der Waals surface area contributed by atoms with Gasteiger partial charge in [0, 0.05) is 0 Å². The highest BCUT2D eigenvalue weighted by Gasteiger charge is 2.14. The van der Waals surface area contributed by atoms with Crippen LogP contribution in [-0.2, 0) is 11.3 Å². The fraction of sp³-hybridized carbons (Fsp3) is 0.353. The van der Waals surface area contributed by atoms with Crippen LogP contribution in [0, 0.1) is 11.2 Å². The largest absolute Gasteiger partial charge is 0.433 e. The van der Waals surface area contributed by atoms with Crippen LogP contribution in [0.4, 0.5) is 4.39 Å². The quantitative estimate of drug-likeness (QED) is 0.669. The summed E-state index contributed by atoms with van der Waals surface area (Å²) >= 11 is 12.0. The zero-order chi connectivity index (χ0) is 17.0. The molecule has 1 aromatic heterocycles. The van der Waals surface area contributed by atoms with E-state index >= 15 is 0 Å². The molecule has 0 amide bonds. The minimum absolute atomic E-state index is 0.0461. The second kappa shape index (κ2) is 7.47. The molecule has 0 saturated carbocycles. The average molecular weight is 358 g/mol. The van der Waals surface area contributed by atoms with Crippen LogP contribution in [0.15, 0.2) is 30.3 Å². The number of ether oxygens (including phenoxy) is 2. The molecule has 124 valence electrons. The number of nitrogens with zero attached hydrogens (tertiary/aromatic N) is 1. The van der Waals surface area contributed by atoms with Crippen LogP contribution in [0.2, 0.25) is 10.0 Å². The third-order valence-corrected chi connectivity index (χ3v) is 3.37. The maximum Gasteiger partial charge on any atom is 0.256 e. The Hall–Kier alpha value is -1.36. The highest BCUT2D eigenvalue weighted by molar-refractivity contribution is 6.37. The summed E-state index contributed by atoms with van der Waals surface area (Å²) in [7, 11) is 0. The molecule has 0 atom stereocenters. The van der Waals surface area contributed by atoms with Crippen molar-refractivity contribution in [2.24, 2.45) is 5.41 Å². The molecule has 0 aliphatic rings. The van der Waals surface area contributed by atoms with Gasteiger partial charge < -0.3 is 9.47 Å². The number of para-hydroxylation sites is 1. The molecule has 23 heavy (non-hydrogen) atoms. The van der Waals surface area contributed by atoms with Gasteiger partial charge in [0.1, 0.15) is 0 Å². The molecule has 0 aliphatic heterocycles. The van der Waals surface area contributed by atoms with E-state index in [1.165, 1.54) is 6.07 Å². The third-order valence-electron chi connectivity index (χ3n) is 2.77. The maximum absolute atomic E-state index is 13.9. The lowest BCUT2D eigenvalue weighted by Gasteiger charge is -2.18. The van der Waals surface area contributed by atoms with E-state index in [-0.39, 0.29) is 33.7 Å². The molecular formula is C17H18Cl2FNO2. The van der Waals surface area contributed by atoms with E-state index in [0.717, 1.165) is 0 Å². The van der Waals surface area contributed by atoms with Crippen LogP contribution in [-0.4, -0.2) is 11.6 Å². The van der Waals surface area contributed by atoms with Gasteiger partial charge in [0.2, 0.25) is 0 Å². The summed E-state index contributed by atoms with van der Waals surface area (Å²) in [5, 5.41) is 0.571. The highest BCUT2D eigenvalue weighted by Crippen LogP contribution is 2.36. The van der Waals surface area contributed by atoms with Gasteiger partial charge in [0.25, 0.3) is 5.88 Å². The fourth-order valence-electron chi connectivity index (χ4n) is 1.75. The molecular weight excluding hydrogens is 340 g/mol. The van der Waals surface area contributed by atoms with E-state index in [1.54, 1.807) is 24.3 Å². The number of pyridine rings is 1. The fourth-order valence-corrected chi connectivity index (χ4v) is 2.23. The van der Waals surface area contributed by atoms with Crippen LogP contribution in [0.5, 0.6) is 11.6 Å². The van der Waals surface area contributed by atoms with Crippen molar-refractivity contribution in [3.05, 3.63) is 51.9 Å². The van der Waals surface area contributed by atoms with Crippen LogP contribution >= 0.6 is 23.2 Å². The summed E-state index contributed by atoms with van der Waals surface area (Å²) in [6, 6.07) is 7.73. The second-order valence-electron chi connectivity index (χ2n) is 6.30. The third kappa shape index (κ3) is 5.34. The number of hydrogen-bond donors (Lipinski definition) is 0. The van der Waals surface area contributed by atoms with Gasteiger partial charge >= 0.3 is 0 Å².